The fourth-order valence-corrected chi connectivity index (χ4v) is 3.86. The van der Waals surface area contributed by atoms with Crippen LogP contribution >= 0.6 is 0 Å². The second-order valence-corrected chi connectivity index (χ2v) is 10.2. The summed E-state index contributed by atoms with van der Waals surface area (Å²) in [6, 6.07) is 13.5. The standard InChI is InChI=1S/C31H43NO4/c1-22(2)11-9-7-8-10-12-30(33)32-21-26-15-18-28(29(20-26)35-6)36-31(34)24(5)27-16-13-25(14-17-27)19-23(3)4/h9,11,13-18,20,22-24H,7-8,10,12,19,21H2,1-6H3,(H,32,33). The zero-order chi connectivity index (χ0) is 26.5. The fraction of sp³-hybridized carbons (Fsp3) is 0.484. The molecule has 0 aliphatic heterocycles. The Bertz CT molecular complexity index is 992. The maximum absolute atomic E-state index is 12.8. The Kier molecular flexibility index (Phi) is 12.2. The Hall–Kier alpha value is -3.08. The average Bonchev–Trinajstić information content (AvgIpc) is 2.84. The molecular weight excluding hydrogens is 450 g/mol. The molecule has 1 N–H and O–H groups in total. The number of benzene rings is 2. The van der Waals surface area contributed by atoms with Gasteiger partial charge in [0.05, 0.1) is 13.0 Å². The number of amides is 1. The van der Waals surface area contributed by atoms with Crippen LogP contribution in [0.2, 0.25) is 0 Å². The van der Waals surface area contributed by atoms with E-state index in [0.717, 1.165) is 36.8 Å². The predicted molar refractivity (Wildman–Crippen MR) is 146 cm³/mol. The second kappa shape index (κ2) is 15.1. The van der Waals surface area contributed by atoms with E-state index in [0.29, 0.717) is 36.3 Å². The molecule has 0 aromatic heterocycles. The molecule has 0 radical (unpaired) electrons. The van der Waals surface area contributed by atoms with Gasteiger partial charge >= 0.3 is 5.97 Å². The van der Waals surface area contributed by atoms with E-state index < -0.39 is 5.92 Å². The summed E-state index contributed by atoms with van der Waals surface area (Å²) < 4.78 is 11.1. The molecule has 1 atom stereocenters. The second-order valence-electron chi connectivity index (χ2n) is 10.2. The van der Waals surface area contributed by atoms with Gasteiger partial charge in [0.15, 0.2) is 11.5 Å². The Balaban J connectivity index is 1.87. The lowest BCUT2D eigenvalue weighted by molar-refractivity contribution is -0.135. The van der Waals surface area contributed by atoms with Crippen molar-refractivity contribution in [3.63, 3.8) is 0 Å². The highest BCUT2D eigenvalue weighted by molar-refractivity contribution is 5.80. The van der Waals surface area contributed by atoms with Crippen molar-refractivity contribution in [3.05, 3.63) is 71.3 Å². The molecule has 5 heteroatoms. The SMILES string of the molecule is COc1cc(CNC(=O)CCCCC=CC(C)C)ccc1OC(=O)C(C)c1ccc(CC(C)C)cc1. The molecule has 1 amide bonds. The molecule has 0 aliphatic carbocycles. The largest absolute Gasteiger partial charge is 0.493 e. The number of carbonyl (C=O) groups is 2. The zero-order valence-electron chi connectivity index (χ0n) is 22.8. The Morgan fingerprint density at radius 1 is 0.917 bits per heavy atom. The van der Waals surface area contributed by atoms with Gasteiger partial charge in [-0.3, -0.25) is 9.59 Å². The summed E-state index contributed by atoms with van der Waals surface area (Å²) in [6.45, 7) is 10.9. The maximum Gasteiger partial charge on any atom is 0.318 e. The van der Waals surface area contributed by atoms with Crippen molar-refractivity contribution in [3.8, 4) is 11.5 Å². The molecule has 0 saturated heterocycles. The molecule has 196 valence electrons. The van der Waals surface area contributed by atoms with Gasteiger partial charge in [0.1, 0.15) is 0 Å². The minimum absolute atomic E-state index is 0.0329. The van der Waals surface area contributed by atoms with Crippen LogP contribution in [-0.2, 0) is 22.6 Å². The summed E-state index contributed by atoms with van der Waals surface area (Å²) in [5.74, 6) is 1.28. The molecule has 0 spiro atoms. The van der Waals surface area contributed by atoms with Crippen molar-refractivity contribution in [2.24, 2.45) is 11.8 Å². The van der Waals surface area contributed by atoms with Crippen LogP contribution in [-0.4, -0.2) is 19.0 Å². The Morgan fingerprint density at radius 2 is 1.61 bits per heavy atom. The third kappa shape index (κ3) is 10.3. The summed E-state index contributed by atoms with van der Waals surface area (Å²) in [4.78, 5) is 25.0. The maximum atomic E-state index is 12.8. The van der Waals surface area contributed by atoms with Crippen molar-refractivity contribution >= 4 is 11.9 Å². The van der Waals surface area contributed by atoms with Crippen LogP contribution in [0.3, 0.4) is 0 Å². The van der Waals surface area contributed by atoms with Gasteiger partial charge in [-0.2, -0.15) is 0 Å². The highest BCUT2D eigenvalue weighted by Crippen LogP contribution is 2.30. The fourth-order valence-electron chi connectivity index (χ4n) is 3.86. The Labute approximate surface area is 217 Å². The molecule has 5 nitrogen and oxygen atoms in total. The zero-order valence-corrected chi connectivity index (χ0v) is 22.8. The van der Waals surface area contributed by atoms with Gasteiger partial charge in [-0.25, -0.2) is 0 Å². The number of esters is 1. The molecule has 0 heterocycles. The van der Waals surface area contributed by atoms with E-state index in [9.17, 15) is 9.59 Å². The molecule has 1 unspecified atom stereocenters. The first-order valence-electron chi connectivity index (χ1n) is 13.1. The molecule has 2 aromatic rings. The summed E-state index contributed by atoms with van der Waals surface area (Å²) >= 11 is 0. The normalized spacial score (nSPS) is 12.2. The van der Waals surface area contributed by atoms with Crippen LogP contribution in [0.5, 0.6) is 11.5 Å². The third-order valence-corrected chi connectivity index (χ3v) is 5.95. The summed E-state index contributed by atoms with van der Waals surface area (Å²) in [6.07, 6.45) is 8.78. The van der Waals surface area contributed by atoms with Crippen LogP contribution in [0.1, 0.15) is 82.9 Å². The van der Waals surface area contributed by atoms with E-state index in [-0.39, 0.29) is 11.9 Å². The van der Waals surface area contributed by atoms with E-state index in [1.165, 1.54) is 5.56 Å². The first kappa shape index (κ1) is 29.2. The van der Waals surface area contributed by atoms with Gasteiger partial charge in [-0.05, 0) is 73.3 Å². The molecule has 36 heavy (non-hydrogen) atoms. The summed E-state index contributed by atoms with van der Waals surface area (Å²) in [5.41, 5.74) is 3.06. The highest BCUT2D eigenvalue weighted by atomic mass is 16.6. The summed E-state index contributed by atoms with van der Waals surface area (Å²) in [7, 11) is 1.54. The first-order chi connectivity index (χ1) is 17.2. The molecule has 0 saturated carbocycles. The van der Waals surface area contributed by atoms with E-state index >= 15 is 0 Å². The van der Waals surface area contributed by atoms with Gasteiger partial charge in [0.25, 0.3) is 0 Å². The lowest BCUT2D eigenvalue weighted by Gasteiger charge is -2.15. The van der Waals surface area contributed by atoms with Gasteiger partial charge in [-0.15, -0.1) is 0 Å². The number of nitrogens with one attached hydrogen (secondary N) is 1. The smallest absolute Gasteiger partial charge is 0.318 e. The van der Waals surface area contributed by atoms with Crippen LogP contribution in [0.4, 0.5) is 0 Å². The van der Waals surface area contributed by atoms with Crippen molar-refractivity contribution in [2.45, 2.75) is 79.2 Å². The monoisotopic (exact) mass is 493 g/mol. The highest BCUT2D eigenvalue weighted by Gasteiger charge is 2.20. The molecule has 0 fully saturated rings. The number of rotatable bonds is 14. The molecule has 2 rings (SSSR count). The molecular formula is C31H43NO4. The minimum Gasteiger partial charge on any atom is -0.493 e. The predicted octanol–water partition coefficient (Wildman–Crippen LogP) is 6.99. The van der Waals surface area contributed by atoms with E-state index in [4.69, 9.17) is 9.47 Å². The number of ether oxygens (including phenoxy) is 2. The van der Waals surface area contributed by atoms with Gasteiger partial charge in [0.2, 0.25) is 5.91 Å². The number of carbonyl (C=O) groups excluding carboxylic acids is 2. The van der Waals surface area contributed by atoms with Gasteiger partial charge < -0.3 is 14.8 Å². The lowest BCUT2D eigenvalue weighted by Crippen LogP contribution is -2.22. The van der Waals surface area contributed by atoms with E-state index in [1.807, 2.05) is 25.1 Å². The van der Waals surface area contributed by atoms with Crippen LogP contribution in [0, 0.1) is 11.8 Å². The number of hydrogen-bond donors (Lipinski definition) is 1. The number of unbranched alkanes of at least 4 members (excludes halogenated alkanes) is 2. The van der Waals surface area contributed by atoms with E-state index in [2.05, 4.69) is 57.3 Å². The minimum atomic E-state index is -0.400. The number of methoxy groups -OCH3 is 1. The molecule has 2 aromatic carbocycles. The molecule has 0 bridgehead atoms. The van der Waals surface area contributed by atoms with Crippen molar-refractivity contribution in [1.29, 1.82) is 0 Å². The number of hydrogen-bond acceptors (Lipinski definition) is 4. The average molecular weight is 494 g/mol. The first-order valence-corrected chi connectivity index (χ1v) is 13.1. The Morgan fingerprint density at radius 3 is 2.25 bits per heavy atom. The quantitative estimate of drug-likeness (QED) is 0.133. The van der Waals surface area contributed by atoms with Gasteiger partial charge in [-0.1, -0.05) is 70.2 Å². The van der Waals surface area contributed by atoms with Crippen LogP contribution in [0.15, 0.2) is 54.6 Å². The van der Waals surface area contributed by atoms with Crippen LogP contribution < -0.4 is 14.8 Å². The topological polar surface area (TPSA) is 64.6 Å². The number of allylic oxidation sites excluding steroid dienone is 2. The van der Waals surface area contributed by atoms with Crippen molar-refractivity contribution in [1.82, 2.24) is 5.32 Å². The lowest BCUT2D eigenvalue weighted by atomic mass is 9.97. The van der Waals surface area contributed by atoms with Gasteiger partial charge in [0, 0.05) is 13.0 Å². The van der Waals surface area contributed by atoms with E-state index in [1.54, 1.807) is 19.2 Å². The van der Waals surface area contributed by atoms with Crippen molar-refractivity contribution in [2.75, 3.05) is 7.11 Å². The molecule has 0 aliphatic rings. The third-order valence-electron chi connectivity index (χ3n) is 5.95. The summed E-state index contributed by atoms with van der Waals surface area (Å²) in [5, 5.41) is 2.96. The van der Waals surface area contributed by atoms with Crippen molar-refractivity contribution < 1.29 is 19.1 Å². The van der Waals surface area contributed by atoms with Crippen LogP contribution in [0.25, 0.3) is 0 Å².